The number of piperidine rings is 1. The lowest BCUT2D eigenvalue weighted by Gasteiger charge is -2.32. The normalized spacial score (nSPS) is 18.9. The highest BCUT2D eigenvalue weighted by Gasteiger charge is 2.20. The van der Waals surface area contributed by atoms with Crippen LogP contribution in [0.1, 0.15) is 31.4 Å². The number of alkyl halides is 2. The summed E-state index contributed by atoms with van der Waals surface area (Å²) in [7, 11) is 1.69. The Morgan fingerprint density at radius 3 is 2.33 bits per heavy atom. The highest BCUT2D eigenvalue weighted by Crippen LogP contribution is 2.21. The molecular formula is C15H22F2N2O2. The first-order chi connectivity index (χ1) is 10.1. The maximum absolute atomic E-state index is 12.1. The summed E-state index contributed by atoms with van der Waals surface area (Å²) in [6.45, 7) is 1.13. The fourth-order valence-electron chi connectivity index (χ4n) is 2.59. The monoisotopic (exact) mass is 300 g/mol. The third-order valence-corrected chi connectivity index (χ3v) is 3.80. The molecule has 2 rings (SSSR count). The van der Waals surface area contributed by atoms with Crippen LogP contribution in [0, 0.1) is 0 Å². The highest BCUT2D eigenvalue weighted by atomic mass is 19.3. The number of ether oxygens (including phenoxy) is 1. The van der Waals surface area contributed by atoms with E-state index in [1.54, 1.807) is 19.2 Å². The molecule has 4 nitrogen and oxygen atoms in total. The zero-order chi connectivity index (χ0) is 15.2. The minimum Gasteiger partial charge on any atom is -0.435 e. The van der Waals surface area contributed by atoms with Crippen molar-refractivity contribution in [2.24, 2.45) is 0 Å². The molecule has 1 aromatic carbocycles. The third-order valence-electron chi connectivity index (χ3n) is 3.80. The van der Waals surface area contributed by atoms with Crippen LogP contribution in [0.15, 0.2) is 24.3 Å². The molecule has 1 aliphatic heterocycles. The SMILES string of the molecule is CON1CCC(NC(C)c2ccc(OC(F)F)cc2)CC1. The van der Waals surface area contributed by atoms with Gasteiger partial charge in [0.05, 0.1) is 7.11 Å². The zero-order valence-electron chi connectivity index (χ0n) is 12.4. The molecule has 0 aliphatic carbocycles. The van der Waals surface area contributed by atoms with Crippen LogP contribution in [0.3, 0.4) is 0 Å². The van der Waals surface area contributed by atoms with Gasteiger partial charge >= 0.3 is 6.61 Å². The average Bonchev–Trinajstić information content (AvgIpc) is 2.48. The van der Waals surface area contributed by atoms with Crippen molar-refractivity contribution in [1.29, 1.82) is 0 Å². The van der Waals surface area contributed by atoms with Crippen molar-refractivity contribution < 1.29 is 18.4 Å². The van der Waals surface area contributed by atoms with Crippen molar-refractivity contribution in [3.63, 3.8) is 0 Å². The first-order valence-electron chi connectivity index (χ1n) is 7.18. The van der Waals surface area contributed by atoms with Gasteiger partial charge in [-0.1, -0.05) is 12.1 Å². The van der Waals surface area contributed by atoms with Crippen LogP contribution >= 0.6 is 0 Å². The molecule has 0 radical (unpaired) electrons. The Bertz CT molecular complexity index is 420. The molecule has 1 aromatic rings. The molecule has 1 fully saturated rings. The largest absolute Gasteiger partial charge is 0.435 e. The molecule has 1 N–H and O–H groups in total. The molecule has 0 spiro atoms. The second-order valence-corrected chi connectivity index (χ2v) is 5.22. The molecule has 0 saturated carbocycles. The van der Waals surface area contributed by atoms with Crippen LogP contribution < -0.4 is 10.1 Å². The van der Waals surface area contributed by atoms with Gasteiger partial charge in [-0.25, -0.2) is 0 Å². The minimum atomic E-state index is -2.78. The topological polar surface area (TPSA) is 33.7 Å². The number of hydrogen-bond donors (Lipinski definition) is 1. The van der Waals surface area contributed by atoms with Gasteiger partial charge < -0.3 is 14.9 Å². The van der Waals surface area contributed by atoms with E-state index < -0.39 is 6.61 Å². The molecule has 21 heavy (non-hydrogen) atoms. The molecule has 6 heteroatoms. The molecule has 1 heterocycles. The molecular weight excluding hydrogens is 278 g/mol. The summed E-state index contributed by atoms with van der Waals surface area (Å²) in [5.41, 5.74) is 1.06. The molecule has 0 bridgehead atoms. The number of nitrogens with zero attached hydrogens (tertiary/aromatic N) is 1. The summed E-state index contributed by atoms with van der Waals surface area (Å²) >= 11 is 0. The Hall–Kier alpha value is -1.24. The van der Waals surface area contributed by atoms with Crippen LogP contribution in [0.2, 0.25) is 0 Å². The van der Waals surface area contributed by atoms with E-state index in [1.807, 2.05) is 17.2 Å². The predicted molar refractivity (Wildman–Crippen MR) is 76.2 cm³/mol. The van der Waals surface area contributed by atoms with Gasteiger partial charge in [-0.2, -0.15) is 13.8 Å². The van der Waals surface area contributed by atoms with Gasteiger partial charge in [-0.05, 0) is 37.5 Å². The second-order valence-electron chi connectivity index (χ2n) is 5.22. The Balaban J connectivity index is 1.84. The van der Waals surface area contributed by atoms with E-state index in [2.05, 4.69) is 17.0 Å². The fraction of sp³-hybridized carbons (Fsp3) is 0.600. The van der Waals surface area contributed by atoms with Crippen LogP contribution in [0.4, 0.5) is 8.78 Å². The number of rotatable bonds is 6. The quantitative estimate of drug-likeness (QED) is 0.876. The molecule has 1 atom stereocenters. The lowest BCUT2D eigenvalue weighted by atomic mass is 10.0. The van der Waals surface area contributed by atoms with Crippen molar-refractivity contribution in [3.8, 4) is 5.75 Å². The summed E-state index contributed by atoms with van der Waals surface area (Å²) < 4.78 is 28.6. The maximum atomic E-state index is 12.1. The lowest BCUT2D eigenvalue weighted by Crippen LogP contribution is -2.42. The van der Waals surface area contributed by atoms with Gasteiger partial charge in [0.2, 0.25) is 0 Å². The molecule has 1 saturated heterocycles. The van der Waals surface area contributed by atoms with Crippen LogP contribution in [-0.4, -0.2) is 37.9 Å². The van der Waals surface area contributed by atoms with E-state index >= 15 is 0 Å². The van der Waals surface area contributed by atoms with Gasteiger partial charge in [0, 0.05) is 25.2 Å². The van der Waals surface area contributed by atoms with Crippen molar-refractivity contribution in [2.75, 3.05) is 20.2 Å². The van der Waals surface area contributed by atoms with E-state index in [-0.39, 0.29) is 11.8 Å². The summed E-state index contributed by atoms with van der Waals surface area (Å²) in [6.07, 6.45) is 2.06. The number of hydroxylamine groups is 2. The van der Waals surface area contributed by atoms with E-state index in [0.29, 0.717) is 6.04 Å². The van der Waals surface area contributed by atoms with Gasteiger partial charge in [0.15, 0.2) is 0 Å². The average molecular weight is 300 g/mol. The van der Waals surface area contributed by atoms with Crippen LogP contribution in [0.5, 0.6) is 5.75 Å². The maximum Gasteiger partial charge on any atom is 0.387 e. The summed E-state index contributed by atoms with van der Waals surface area (Å²) in [6, 6.07) is 7.41. The van der Waals surface area contributed by atoms with Crippen molar-refractivity contribution >= 4 is 0 Å². The van der Waals surface area contributed by atoms with E-state index in [9.17, 15) is 8.78 Å². The smallest absolute Gasteiger partial charge is 0.387 e. The third kappa shape index (κ3) is 4.91. The van der Waals surface area contributed by atoms with Crippen LogP contribution in [0.25, 0.3) is 0 Å². The summed E-state index contributed by atoms with van der Waals surface area (Å²) in [4.78, 5) is 5.20. The molecule has 0 aromatic heterocycles. The van der Waals surface area contributed by atoms with Crippen molar-refractivity contribution in [3.05, 3.63) is 29.8 Å². The number of halogens is 2. The Morgan fingerprint density at radius 1 is 1.19 bits per heavy atom. The van der Waals surface area contributed by atoms with Gasteiger partial charge in [-0.15, -0.1) is 0 Å². The summed E-state index contributed by atoms with van der Waals surface area (Å²) in [5.74, 6) is 0.189. The van der Waals surface area contributed by atoms with E-state index in [0.717, 1.165) is 31.5 Å². The van der Waals surface area contributed by atoms with E-state index in [1.165, 1.54) is 0 Å². The standard InChI is InChI=1S/C15H22F2N2O2/c1-11(18-13-7-9-19(20-2)10-8-13)12-3-5-14(6-4-12)21-15(16)17/h3-6,11,13,15,18H,7-10H2,1-2H3. The van der Waals surface area contributed by atoms with E-state index in [4.69, 9.17) is 4.84 Å². The number of nitrogens with one attached hydrogen (secondary N) is 1. The second kappa shape index (κ2) is 7.68. The van der Waals surface area contributed by atoms with Gasteiger partial charge in [0.1, 0.15) is 5.75 Å². The molecule has 1 aliphatic rings. The lowest BCUT2D eigenvalue weighted by molar-refractivity contribution is -0.144. The molecule has 118 valence electrons. The number of hydrogen-bond acceptors (Lipinski definition) is 4. The van der Waals surface area contributed by atoms with Gasteiger partial charge in [0.25, 0.3) is 0 Å². The highest BCUT2D eigenvalue weighted by molar-refractivity contribution is 5.29. The van der Waals surface area contributed by atoms with Crippen LogP contribution in [-0.2, 0) is 4.84 Å². The summed E-state index contributed by atoms with van der Waals surface area (Å²) in [5, 5.41) is 5.53. The first-order valence-corrected chi connectivity index (χ1v) is 7.18. The Labute approximate surface area is 124 Å². The minimum absolute atomic E-state index is 0.171. The molecule has 1 unspecified atom stereocenters. The van der Waals surface area contributed by atoms with Gasteiger partial charge in [-0.3, -0.25) is 0 Å². The number of benzene rings is 1. The Kier molecular flexibility index (Phi) is 5.90. The first kappa shape index (κ1) is 16.1. The van der Waals surface area contributed by atoms with Crippen molar-refractivity contribution in [1.82, 2.24) is 10.4 Å². The predicted octanol–water partition coefficient (Wildman–Crippen LogP) is 2.96. The Morgan fingerprint density at radius 2 is 1.81 bits per heavy atom. The van der Waals surface area contributed by atoms with Crippen molar-refractivity contribution in [2.45, 2.75) is 38.5 Å². The molecule has 0 amide bonds. The zero-order valence-corrected chi connectivity index (χ0v) is 12.4. The fourth-order valence-corrected chi connectivity index (χ4v) is 2.59.